The SMILES string of the molecule is COCCCNC(=O)c1cccc(NC(=S)NC(=O)c2cccc(OCCOc3ccccc3)c2)c1. The first kappa shape index (κ1) is 26.7. The van der Waals surface area contributed by atoms with Crippen LogP contribution < -0.4 is 25.4 Å². The van der Waals surface area contributed by atoms with Gasteiger partial charge in [0.15, 0.2) is 5.11 Å². The minimum absolute atomic E-state index is 0.111. The maximum atomic E-state index is 12.7. The molecule has 0 saturated carbocycles. The van der Waals surface area contributed by atoms with E-state index in [1.165, 1.54) is 0 Å². The number of hydrogen-bond acceptors (Lipinski definition) is 6. The van der Waals surface area contributed by atoms with Crippen LogP contribution >= 0.6 is 12.2 Å². The van der Waals surface area contributed by atoms with Crippen LogP contribution in [0.1, 0.15) is 27.1 Å². The number of ether oxygens (including phenoxy) is 3. The maximum Gasteiger partial charge on any atom is 0.257 e. The van der Waals surface area contributed by atoms with Crippen LogP contribution in [0.3, 0.4) is 0 Å². The van der Waals surface area contributed by atoms with E-state index in [9.17, 15) is 9.59 Å². The monoisotopic (exact) mass is 507 g/mol. The number of carbonyl (C=O) groups excluding carboxylic acids is 2. The average Bonchev–Trinajstić information content (AvgIpc) is 2.90. The molecule has 3 aromatic rings. The third kappa shape index (κ3) is 9.01. The van der Waals surface area contributed by atoms with Gasteiger partial charge in [-0.25, -0.2) is 0 Å². The molecule has 0 aliphatic carbocycles. The highest BCUT2D eigenvalue weighted by Crippen LogP contribution is 2.15. The lowest BCUT2D eigenvalue weighted by Crippen LogP contribution is -2.34. The molecule has 3 rings (SSSR count). The van der Waals surface area contributed by atoms with E-state index in [0.717, 1.165) is 12.2 Å². The molecular weight excluding hydrogens is 478 g/mol. The molecule has 0 aliphatic rings. The molecule has 0 fully saturated rings. The van der Waals surface area contributed by atoms with Gasteiger partial charge >= 0.3 is 0 Å². The summed E-state index contributed by atoms with van der Waals surface area (Å²) in [7, 11) is 1.62. The molecule has 2 amide bonds. The van der Waals surface area contributed by atoms with Crippen molar-refractivity contribution in [2.24, 2.45) is 0 Å². The van der Waals surface area contributed by atoms with E-state index >= 15 is 0 Å². The summed E-state index contributed by atoms with van der Waals surface area (Å²) in [5.74, 6) is 0.729. The molecule has 0 saturated heterocycles. The highest BCUT2D eigenvalue weighted by molar-refractivity contribution is 7.80. The molecule has 0 bridgehead atoms. The molecule has 0 aliphatic heterocycles. The van der Waals surface area contributed by atoms with E-state index in [2.05, 4.69) is 16.0 Å². The molecule has 0 heterocycles. The van der Waals surface area contributed by atoms with Crippen molar-refractivity contribution >= 4 is 34.8 Å². The van der Waals surface area contributed by atoms with Gasteiger partial charge < -0.3 is 24.8 Å². The Hall–Kier alpha value is -3.95. The number of rotatable bonds is 12. The second-order valence-corrected chi connectivity index (χ2v) is 8.04. The van der Waals surface area contributed by atoms with E-state index < -0.39 is 0 Å². The Balaban J connectivity index is 1.47. The third-order valence-corrected chi connectivity index (χ3v) is 5.08. The Morgan fingerprint density at radius 2 is 1.44 bits per heavy atom. The molecule has 0 unspecified atom stereocenters. The van der Waals surface area contributed by atoms with Gasteiger partial charge in [-0.05, 0) is 67.2 Å². The molecule has 36 heavy (non-hydrogen) atoms. The number of benzene rings is 3. The third-order valence-electron chi connectivity index (χ3n) is 4.88. The summed E-state index contributed by atoms with van der Waals surface area (Å²) in [5, 5.41) is 8.52. The van der Waals surface area contributed by atoms with Gasteiger partial charge in [0.2, 0.25) is 0 Å². The zero-order valence-electron chi connectivity index (χ0n) is 20.0. The van der Waals surface area contributed by atoms with Crippen molar-refractivity contribution < 1.29 is 23.8 Å². The van der Waals surface area contributed by atoms with Gasteiger partial charge in [-0.3, -0.25) is 14.9 Å². The largest absolute Gasteiger partial charge is 0.490 e. The molecule has 3 N–H and O–H groups in total. The molecular formula is C27H29N3O5S. The predicted molar refractivity (Wildman–Crippen MR) is 143 cm³/mol. The molecule has 0 radical (unpaired) electrons. The summed E-state index contributed by atoms with van der Waals surface area (Å²) in [6.07, 6.45) is 0.726. The van der Waals surface area contributed by atoms with E-state index in [0.29, 0.717) is 48.9 Å². The van der Waals surface area contributed by atoms with Crippen LogP contribution in [0.2, 0.25) is 0 Å². The zero-order chi connectivity index (χ0) is 25.6. The zero-order valence-corrected chi connectivity index (χ0v) is 20.8. The normalized spacial score (nSPS) is 10.2. The van der Waals surface area contributed by atoms with Crippen molar-refractivity contribution in [1.29, 1.82) is 0 Å². The lowest BCUT2D eigenvalue weighted by Gasteiger charge is -2.12. The van der Waals surface area contributed by atoms with Crippen LogP contribution in [0.5, 0.6) is 11.5 Å². The predicted octanol–water partition coefficient (Wildman–Crippen LogP) is 4.04. The minimum Gasteiger partial charge on any atom is -0.490 e. The van der Waals surface area contributed by atoms with Gasteiger partial charge in [-0.2, -0.15) is 0 Å². The topological polar surface area (TPSA) is 97.9 Å². The summed E-state index contributed by atoms with van der Waals surface area (Å²) in [4.78, 5) is 25.0. The number of anilines is 1. The Morgan fingerprint density at radius 1 is 0.778 bits per heavy atom. The Labute approximate surface area is 216 Å². The average molecular weight is 508 g/mol. The lowest BCUT2D eigenvalue weighted by atomic mass is 10.2. The van der Waals surface area contributed by atoms with E-state index in [1.807, 2.05) is 30.3 Å². The first-order chi connectivity index (χ1) is 17.5. The molecule has 8 nitrogen and oxygen atoms in total. The quantitative estimate of drug-likeness (QED) is 0.251. The van der Waals surface area contributed by atoms with Crippen LogP contribution in [0.25, 0.3) is 0 Å². The van der Waals surface area contributed by atoms with E-state index in [-0.39, 0.29) is 16.9 Å². The smallest absolute Gasteiger partial charge is 0.257 e. The van der Waals surface area contributed by atoms with Crippen molar-refractivity contribution in [2.75, 3.05) is 38.8 Å². The van der Waals surface area contributed by atoms with Crippen LogP contribution in [0.15, 0.2) is 78.9 Å². The fraction of sp³-hybridized carbons (Fsp3) is 0.222. The number of hydrogen-bond donors (Lipinski definition) is 3. The molecule has 0 spiro atoms. The summed E-state index contributed by atoms with van der Waals surface area (Å²) >= 11 is 5.28. The van der Waals surface area contributed by atoms with Crippen LogP contribution in [0.4, 0.5) is 5.69 Å². The summed E-state index contributed by atoms with van der Waals surface area (Å²) < 4.78 is 16.3. The second-order valence-electron chi connectivity index (χ2n) is 7.63. The standard InChI is InChI=1S/C27H29N3O5S/c1-33-15-7-14-28-25(31)20-8-5-10-22(18-20)29-27(36)30-26(32)21-9-6-13-24(19-21)35-17-16-34-23-11-3-2-4-12-23/h2-6,8-13,18-19H,7,14-17H2,1H3,(H,28,31)(H2,29,30,32,36). The van der Waals surface area contributed by atoms with Gasteiger partial charge in [-0.1, -0.05) is 30.3 Å². The molecule has 188 valence electrons. The number of carbonyl (C=O) groups is 2. The highest BCUT2D eigenvalue weighted by Gasteiger charge is 2.11. The fourth-order valence-corrected chi connectivity index (χ4v) is 3.37. The number of methoxy groups -OCH3 is 1. The van der Waals surface area contributed by atoms with Gasteiger partial charge in [0.25, 0.3) is 11.8 Å². The molecule has 0 aromatic heterocycles. The number of nitrogens with one attached hydrogen (secondary N) is 3. The van der Waals surface area contributed by atoms with E-state index in [4.69, 9.17) is 26.4 Å². The van der Waals surface area contributed by atoms with Crippen molar-refractivity contribution in [1.82, 2.24) is 10.6 Å². The van der Waals surface area contributed by atoms with Crippen molar-refractivity contribution in [3.63, 3.8) is 0 Å². The minimum atomic E-state index is -0.384. The Morgan fingerprint density at radius 3 is 2.19 bits per heavy atom. The van der Waals surface area contributed by atoms with Gasteiger partial charge in [0.1, 0.15) is 24.7 Å². The van der Waals surface area contributed by atoms with Crippen molar-refractivity contribution in [3.8, 4) is 11.5 Å². The van der Waals surface area contributed by atoms with Crippen LogP contribution in [0, 0.1) is 0 Å². The Bertz CT molecular complexity index is 1160. The lowest BCUT2D eigenvalue weighted by molar-refractivity contribution is 0.0946. The number of amides is 2. The van der Waals surface area contributed by atoms with Gasteiger partial charge in [0.05, 0.1) is 0 Å². The van der Waals surface area contributed by atoms with Gasteiger partial charge in [-0.15, -0.1) is 0 Å². The molecule has 9 heteroatoms. The first-order valence-corrected chi connectivity index (χ1v) is 11.9. The fourth-order valence-electron chi connectivity index (χ4n) is 3.16. The van der Waals surface area contributed by atoms with Crippen LogP contribution in [-0.2, 0) is 4.74 Å². The number of thiocarbonyl (C=S) groups is 1. The second kappa shape index (κ2) is 14.4. The van der Waals surface area contributed by atoms with Crippen LogP contribution in [-0.4, -0.2) is 50.4 Å². The summed E-state index contributed by atoms with van der Waals surface area (Å²) in [6, 6.07) is 23.1. The first-order valence-electron chi connectivity index (χ1n) is 11.5. The number of para-hydroxylation sites is 1. The molecule has 3 aromatic carbocycles. The Kier molecular flexibility index (Phi) is 10.7. The molecule has 0 atom stereocenters. The van der Waals surface area contributed by atoms with E-state index in [1.54, 1.807) is 55.6 Å². The van der Waals surface area contributed by atoms with Crippen molar-refractivity contribution in [2.45, 2.75) is 6.42 Å². The maximum absolute atomic E-state index is 12.7. The summed E-state index contributed by atoms with van der Waals surface area (Å²) in [5.41, 5.74) is 1.46. The highest BCUT2D eigenvalue weighted by atomic mass is 32.1. The summed E-state index contributed by atoms with van der Waals surface area (Å²) in [6.45, 7) is 1.80. The van der Waals surface area contributed by atoms with Crippen molar-refractivity contribution in [3.05, 3.63) is 90.0 Å². The van der Waals surface area contributed by atoms with Gasteiger partial charge in [0, 0.05) is 37.1 Å².